The molecule has 1 fully saturated rings. The van der Waals surface area contributed by atoms with E-state index in [2.05, 4.69) is 9.97 Å². The van der Waals surface area contributed by atoms with E-state index in [-0.39, 0.29) is 5.41 Å². The molecular weight excluding hydrogens is 194 g/mol. The summed E-state index contributed by atoms with van der Waals surface area (Å²) in [6.07, 6.45) is 4.18. The molecule has 3 rings (SSSR count). The molecule has 2 aromatic heterocycles. The van der Waals surface area contributed by atoms with Crippen molar-refractivity contribution < 1.29 is 0 Å². The summed E-state index contributed by atoms with van der Waals surface area (Å²) < 4.78 is 0. The van der Waals surface area contributed by atoms with Crippen LogP contribution in [0, 0.1) is 0 Å². The Balaban J connectivity index is 2.15. The van der Waals surface area contributed by atoms with Gasteiger partial charge in [-0.25, -0.2) is 9.97 Å². The SMILES string of the molecule is NCC1(c2nc3cccnc3s2)CC1. The summed E-state index contributed by atoms with van der Waals surface area (Å²) in [5.74, 6) is 0. The van der Waals surface area contributed by atoms with Gasteiger partial charge < -0.3 is 5.73 Å². The van der Waals surface area contributed by atoms with Crippen LogP contribution in [0.4, 0.5) is 0 Å². The van der Waals surface area contributed by atoms with Crippen molar-refractivity contribution in [3.63, 3.8) is 0 Å². The quantitative estimate of drug-likeness (QED) is 0.811. The molecule has 72 valence electrons. The van der Waals surface area contributed by atoms with Crippen LogP contribution in [0.5, 0.6) is 0 Å². The minimum absolute atomic E-state index is 0.200. The van der Waals surface area contributed by atoms with Crippen LogP contribution >= 0.6 is 11.3 Å². The molecule has 3 nitrogen and oxygen atoms in total. The third kappa shape index (κ3) is 1.07. The van der Waals surface area contributed by atoms with E-state index in [0.717, 1.165) is 10.3 Å². The van der Waals surface area contributed by atoms with Gasteiger partial charge in [0.2, 0.25) is 0 Å². The highest BCUT2D eigenvalue weighted by Crippen LogP contribution is 2.49. The number of nitrogens with zero attached hydrogens (tertiary/aromatic N) is 2. The van der Waals surface area contributed by atoms with Crippen LogP contribution in [0.25, 0.3) is 10.3 Å². The van der Waals surface area contributed by atoms with E-state index in [1.807, 2.05) is 18.3 Å². The number of aromatic nitrogens is 2. The van der Waals surface area contributed by atoms with Crippen molar-refractivity contribution in [3.8, 4) is 0 Å². The average molecular weight is 205 g/mol. The van der Waals surface area contributed by atoms with E-state index in [1.54, 1.807) is 11.3 Å². The first kappa shape index (κ1) is 8.32. The summed E-state index contributed by atoms with van der Waals surface area (Å²) in [6.45, 7) is 0.715. The predicted octanol–water partition coefficient (Wildman–Crippen LogP) is 1.68. The van der Waals surface area contributed by atoms with Crippen LogP contribution in [-0.4, -0.2) is 16.5 Å². The van der Waals surface area contributed by atoms with Crippen LogP contribution in [-0.2, 0) is 5.41 Å². The Morgan fingerprint density at radius 2 is 2.36 bits per heavy atom. The van der Waals surface area contributed by atoms with E-state index in [4.69, 9.17) is 5.73 Å². The van der Waals surface area contributed by atoms with Crippen LogP contribution < -0.4 is 5.73 Å². The minimum Gasteiger partial charge on any atom is -0.329 e. The lowest BCUT2D eigenvalue weighted by molar-refractivity contribution is 0.700. The van der Waals surface area contributed by atoms with Crippen molar-refractivity contribution in [2.24, 2.45) is 5.73 Å². The average Bonchev–Trinajstić information content (AvgIpc) is 2.91. The Bertz CT molecular complexity index is 440. The van der Waals surface area contributed by atoms with Crippen molar-refractivity contribution in [2.45, 2.75) is 18.3 Å². The van der Waals surface area contributed by atoms with Crippen LogP contribution in [0.15, 0.2) is 18.3 Å². The minimum atomic E-state index is 0.200. The number of nitrogens with two attached hydrogens (primary N) is 1. The molecule has 0 aliphatic heterocycles. The fraction of sp³-hybridized carbons (Fsp3) is 0.400. The molecule has 0 radical (unpaired) electrons. The summed E-state index contributed by atoms with van der Waals surface area (Å²) in [5, 5.41) is 1.17. The fourth-order valence-electron chi connectivity index (χ4n) is 1.65. The molecule has 14 heavy (non-hydrogen) atoms. The molecule has 2 heterocycles. The lowest BCUT2D eigenvalue weighted by atomic mass is 10.1. The molecule has 1 saturated carbocycles. The van der Waals surface area contributed by atoms with E-state index in [1.165, 1.54) is 17.8 Å². The van der Waals surface area contributed by atoms with Gasteiger partial charge in [-0.15, -0.1) is 0 Å². The Hall–Kier alpha value is -1.00. The van der Waals surface area contributed by atoms with Crippen molar-refractivity contribution >= 4 is 21.7 Å². The maximum Gasteiger partial charge on any atom is 0.143 e. The van der Waals surface area contributed by atoms with Crippen LogP contribution in [0.2, 0.25) is 0 Å². The molecule has 0 unspecified atom stereocenters. The number of thiazole rings is 1. The van der Waals surface area contributed by atoms with Crippen molar-refractivity contribution in [1.82, 2.24) is 9.97 Å². The molecule has 0 aromatic carbocycles. The van der Waals surface area contributed by atoms with Gasteiger partial charge in [0.15, 0.2) is 0 Å². The molecule has 0 amide bonds. The number of pyridine rings is 1. The normalized spacial score (nSPS) is 18.6. The van der Waals surface area contributed by atoms with Gasteiger partial charge >= 0.3 is 0 Å². The number of hydrogen-bond donors (Lipinski definition) is 1. The number of fused-ring (bicyclic) bond motifs is 1. The topological polar surface area (TPSA) is 51.8 Å². The van der Waals surface area contributed by atoms with E-state index in [9.17, 15) is 0 Å². The largest absolute Gasteiger partial charge is 0.329 e. The molecular formula is C10H11N3S. The lowest BCUT2D eigenvalue weighted by Gasteiger charge is -2.05. The zero-order valence-corrected chi connectivity index (χ0v) is 8.55. The number of hydrogen-bond acceptors (Lipinski definition) is 4. The van der Waals surface area contributed by atoms with Crippen LogP contribution in [0.1, 0.15) is 17.8 Å². The second-order valence-electron chi connectivity index (χ2n) is 3.83. The number of rotatable bonds is 2. The Morgan fingerprint density at radius 1 is 1.50 bits per heavy atom. The summed E-state index contributed by atoms with van der Waals surface area (Å²) >= 11 is 1.69. The summed E-state index contributed by atoms with van der Waals surface area (Å²) in [6, 6.07) is 3.93. The van der Waals surface area contributed by atoms with Crippen molar-refractivity contribution in [2.75, 3.05) is 6.54 Å². The molecule has 2 N–H and O–H groups in total. The van der Waals surface area contributed by atoms with E-state index < -0.39 is 0 Å². The third-order valence-corrected chi connectivity index (χ3v) is 4.09. The molecule has 0 spiro atoms. The van der Waals surface area contributed by atoms with Gasteiger partial charge in [-0.1, -0.05) is 11.3 Å². The molecule has 1 aliphatic rings. The summed E-state index contributed by atoms with van der Waals surface area (Å²) in [4.78, 5) is 9.92. The van der Waals surface area contributed by atoms with Crippen molar-refractivity contribution in [3.05, 3.63) is 23.3 Å². The first-order chi connectivity index (χ1) is 6.84. The maximum absolute atomic E-state index is 5.77. The standard InChI is InChI=1S/C10H11N3S/c11-6-10(3-4-10)9-13-7-2-1-5-12-8(7)14-9/h1-2,5H,3-4,6,11H2. The third-order valence-electron chi connectivity index (χ3n) is 2.86. The second-order valence-corrected chi connectivity index (χ2v) is 4.81. The van der Waals surface area contributed by atoms with E-state index >= 15 is 0 Å². The highest BCUT2D eigenvalue weighted by atomic mass is 32.1. The summed E-state index contributed by atoms with van der Waals surface area (Å²) in [5.41, 5.74) is 6.98. The highest BCUT2D eigenvalue weighted by Gasteiger charge is 2.45. The monoisotopic (exact) mass is 205 g/mol. The fourth-order valence-corrected chi connectivity index (χ4v) is 2.82. The first-order valence-corrected chi connectivity index (χ1v) is 5.58. The Kier molecular flexibility index (Phi) is 1.63. The van der Waals surface area contributed by atoms with Gasteiger partial charge in [-0.3, -0.25) is 0 Å². The van der Waals surface area contributed by atoms with Crippen LogP contribution in [0.3, 0.4) is 0 Å². The maximum atomic E-state index is 5.77. The lowest BCUT2D eigenvalue weighted by Crippen LogP contribution is -2.19. The van der Waals surface area contributed by atoms with Gasteiger partial charge in [-0.2, -0.15) is 0 Å². The molecule has 0 atom stereocenters. The highest BCUT2D eigenvalue weighted by molar-refractivity contribution is 7.18. The van der Waals surface area contributed by atoms with Gasteiger partial charge in [-0.05, 0) is 25.0 Å². The zero-order valence-electron chi connectivity index (χ0n) is 7.73. The second kappa shape index (κ2) is 2.74. The van der Waals surface area contributed by atoms with E-state index in [0.29, 0.717) is 6.54 Å². The van der Waals surface area contributed by atoms with Crippen molar-refractivity contribution in [1.29, 1.82) is 0 Å². The predicted molar refractivity (Wildman–Crippen MR) is 57.4 cm³/mol. The smallest absolute Gasteiger partial charge is 0.143 e. The van der Waals surface area contributed by atoms with Gasteiger partial charge in [0.25, 0.3) is 0 Å². The molecule has 1 aliphatic carbocycles. The molecule has 2 aromatic rings. The molecule has 0 bridgehead atoms. The first-order valence-electron chi connectivity index (χ1n) is 4.76. The van der Waals surface area contributed by atoms with Gasteiger partial charge in [0.1, 0.15) is 15.4 Å². The van der Waals surface area contributed by atoms with Gasteiger partial charge in [0.05, 0.1) is 0 Å². The summed E-state index contributed by atoms with van der Waals surface area (Å²) in [7, 11) is 0. The molecule has 4 heteroatoms. The zero-order chi connectivity index (χ0) is 9.60. The van der Waals surface area contributed by atoms with Gasteiger partial charge in [0, 0.05) is 18.2 Å². The Labute approximate surface area is 86.0 Å². The molecule has 0 saturated heterocycles. The Morgan fingerprint density at radius 3 is 3.00 bits per heavy atom.